The van der Waals surface area contributed by atoms with Crippen LogP contribution in [0.3, 0.4) is 0 Å². The molecule has 0 amide bonds. The Morgan fingerprint density at radius 2 is 2.00 bits per heavy atom. The Kier molecular flexibility index (Phi) is 6.28. The van der Waals surface area contributed by atoms with Crippen LogP contribution in [0.15, 0.2) is 54.1 Å². The quantitative estimate of drug-likeness (QED) is 0.222. The molecule has 0 radical (unpaired) electrons. The molecule has 11 nitrogen and oxygen atoms in total. The molecule has 0 bridgehead atoms. The number of nitrogen functional groups attached to an aromatic ring is 1. The van der Waals surface area contributed by atoms with E-state index in [0.29, 0.717) is 5.57 Å². The molecule has 1 aliphatic rings. The number of aromatic nitrogens is 6. The molecule has 1 atom stereocenters. The second-order valence-corrected chi connectivity index (χ2v) is 8.68. The largest absolute Gasteiger partial charge is 0.456 e. The average Bonchev–Trinajstić information content (AvgIpc) is 3.53. The fourth-order valence-corrected chi connectivity index (χ4v) is 4.34. The Bertz CT molecular complexity index is 1690. The predicted octanol–water partition coefficient (Wildman–Crippen LogP) is 2.78. The van der Waals surface area contributed by atoms with Gasteiger partial charge in [0.15, 0.2) is 12.4 Å². The SMILES string of the molecule is C=C1CC(C(=O)OCC(=O)c2ccc(N)nc2F)n2c1cc(-c1c(-n3cnnn3)ccc(Cl)c1F)cc2=O. The van der Waals surface area contributed by atoms with E-state index in [4.69, 9.17) is 22.1 Å². The summed E-state index contributed by atoms with van der Waals surface area (Å²) in [5.41, 5.74) is 5.34. The first-order chi connectivity index (χ1) is 18.2. The number of pyridine rings is 2. The molecule has 4 heterocycles. The molecule has 2 N–H and O–H groups in total. The van der Waals surface area contributed by atoms with Crippen LogP contribution in [-0.4, -0.2) is 48.1 Å². The van der Waals surface area contributed by atoms with Crippen molar-refractivity contribution in [3.63, 3.8) is 0 Å². The van der Waals surface area contributed by atoms with Gasteiger partial charge in [0.1, 0.15) is 18.2 Å². The summed E-state index contributed by atoms with van der Waals surface area (Å²) in [6.45, 7) is 3.14. The number of Topliss-reactive ketones (excluding diaryl/α,β-unsaturated/α-hetero) is 1. The normalized spacial score (nSPS) is 14.4. The van der Waals surface area contributed by atoms with Gasteiger partial charge in [0.2, 0.25) is 11.7 Å². The zero-order valence-electron chi connectivity index (χ0n) is 19.3. The number of hydrogen-bond donors (Lipinski definition) is 1. The first-order valence-electron chi connectivity index (χ1n) is 10.9. The highest BCUT2D eigenvalue weighted by Gasteiger charge is 2.34. The number of ketones is 1. The Balaban J connectivity index is 1.46. The lowest BCUT2D eigenvalue weighted by Gasteiger charge is -2.16. The smallest absolute Gasteiger partial charge is 0.330 e. The number of nitrogens with two attached hydrogens (primary N) is 1. The van der Waals surface area contributed by atoms with E-state index in [0.717, 1.165) is 16.7 Å². The fraction of sp³-hybridized carbons (Fsp3) is 0.125. The van der Waals surface area contributed by atoms with E-state index in [1.165, 1.54) is 35.3 Å². The summed E-state index contributed by atoms with van der Waals surface area (Å²) < 4.78 is 36.6. The molecule has 0 aliphatic carbocycles. The second kappa shape index (κ2) is 9.59. The highest BCUT2D eigenvalue weighted by molar-refractivity contribution is 6.31. The van der Waals surface area contributed by atoms with Gasteiger partial charge in [-0.3, -0.25) is 14.2 Å². The van der Waals surface area contributed by atoms with Crippen molar-refractivity contribution in [2.45, 2.75) is 12.5 Å². The zero-order chi connectivity index (χ0) is 27.1. The van der Waals surface area contributed by atoms with Crippen LogP contribution in [0.25, 0.3) is 22.4 Å². The molecule has 0 spiro atoms. The van der Waals surface area contributed by atoms with Crippen molar-refractivity contribution in [3.05, 3.63) is 87.7 Å². The molecular formula is C24H16ClF2N7O4. The van der Waals surface area contributed by atoms with Crippen molar-refractivity contribution in [1.29, 1.82) is 0 Å². The van der Waals surface area contributed by atoms with Gasteiger partial charge < -0.3 is 10.5 Å². The first kappa shape index (κ1) is 24.9. The molecule has 14 heteroatoms. The van der Waals surface area contributed by atoms with E-state index < -0.39 is 47.3 Å². The van der Waals surface area contributed by atoms with Gasteiger partial charge in [-0.25, -0.2) is 14.2 Å². The summed E-state index contributed by atoms with van der Waals surface area (Å²) in [6, 6.07) is 6.67. The standard InChI is InChI=1S/C24H16ClF2N7O4/c1-11-6-17(24(37)38-9-18(35)13-2-5-19(28)30-23(13)27)34-16(11)7-12(8-20(34)36)21-15(33-10-29-31-32-33)4-3-14(25)22(21)26/h2-5,7-8,10,17H,1,6,9H2,(H2,28,30). The van der Waals surface area contributed by atoms with Gasteiger partial charge >= 0.3 is 5.97 Å². The predicted molar refractivity (Wildman–Crippen MR) is 130 cm³/mol. The van der Waals surface area contributed by atoms with Crippen LogP contribution in [0.1, 0.15) is 28.5 Å². The average molecular weight is 540 g/mol. The maximum atomic E-state index is 15.2. The third kappa shape index (κ3) is 4.32. The van der Waals surface area contributed by atoms with E-state index >= 15 is 4.39 Å². The summed E-state index contributed by atoms with van der Waals surface area (Å²) >= 11 is 6.01. The van der Waals surface area contributed by atoms with Gasteiger partial charge in [0, 0.05) is 23.7 Å². The van der Waals surface area contributed by atoms with Gasteiger partial charge in [-0.1, -0.05) is 18.2 Å². The molecule has 5 rings (SSSR count). The minimum absolute atomic E-state index is 0.00137. The number of anilines is 1. The number of rotatable bonds is 6. The van der Waals surface area contributed by atoms with Gasteiger partial charge in [0.25, 0.3) is 5.56 Å². The lowest BCUT2D eigenvalue weighted by molar-refractivity contribution is -0.146. The number of benzene rings is 1. The minimum Gasteiger partial charge on any atom is -0.456 e. The van der Waals surface area contributed by atoms with Crippen molar-refractivity contribution < 1.29 is 23.1 Å². The summed E-state index contributed by atoms with van der Waals surface area (Å²) in [4.78, 5) is 41.7. The number of allylic oxidation sites excluding steroid dienone is 1. The molecule has 192 valence electrons. The highest BCUT2D eigenvalue weighted by Crippen LogP contribution is 2.38. The maximum absolute atomic E-state index is 15.2. The van der Waals surface area contributed by atoms with E-state index in [-0.39, 0.29) is 39.8 Å². The molecule has 1 unspecified atom stereocenters. The Morgan fingerprint density at radius 1 is 1.21 bits per heavy atom. The third-order valence-electron chi connectivity index (χ3n) is 5.93. The summed E-state index contributed by atoms with van der Waals surface area (Å²) in [7, 11) is 0. The summed E-state index contributed by atoms with van der Waals surface area (Å²) in [5.74, 6) is -3.75. The molecule has 1 aliphatic heterocycles. The number of esters is 1. The van der Waals surface area contributed by atoms with E-state index in [9.17, 15) is 18.8 Å². The first-order valence-corrected chi connectivity index (χ1v) is 11.3. The van der Waals surface area contributed by atoms with Gasteiger partial charge in [-0.15, -0.1) is 5.10 Å². The van der Waals surface area contributed by atoms with Gasteiger partial charge in [0.05, 0.1) is 16.3 Å². The molecular weight excluding hydrogens is 524 g/mol. The van der Waals surface area contributed by atoms with E-state index in [1.54, 1.807) is 0 Å². The number of tetrazole rings is 1. The summed E-state index contributed by atoms with van der Waals surface area (Å²) in [6.07, 6.45) is 1.26. The molecule has 3 aromatic heterocycles. The van der Waals surface area contributed by atoms with Crippen LogP contribution < -0.4 is 11.3 Å². The van der Waals surface area contributed by atoms with Crippen molar-refractivity contribution in [1.82, 2.24) is 29.8 Å². The molecule has 0 saturated carbocycles. The van der Waals surface area contributed by atoms with Crippen LogP contribution in [0.4, 0.5) is 14.6 Å². The molecule has 38 heavy (non-hydrogen) atoms. The number of carbonyl (C=O) groups excluding carboxylic acids is 2. The monoisotopic (exact) mass is 539 g/mol. The van der Waals surface area contributed by atoms with Crippen molar-refractivity contribution >= 4 is 34.7 Å². The van der Waals surface area contributed by atoms with Crippen molar-refractivity contribution in [2.75, 3.05) is 12.3 Å². The Labute approximate surface area is 217 Å². The zero-order valence-corrected chi connectivity index (χ0v) is 20.0. The van der Waals surface area contributed by atoms with Gasteiger partial charge in [-0.05, 0) is 51.9 Å². The summed E-state index contributed by atoms with van der Waals surface area (Å²) in [5, 5.41) is 10.7. The van der Waals surface area contributed by atoms with E-state index in [2.05, 4.69) is 27.1 Å². The number of halogens is 3. The van der Waals surface area contributed by atoms with Crippen LogP contribution in [0.5, 0.6) is 0 Å². The van der Waals surface area contributed by atoms with Gasteiger partial charge in [-0.2, -0.15) is 9.07 Å². The van der Waals surface area contributed by atoms with Crippen LogP contribution in [0.2, 0.25) is 5.02 Å². The number of nitrogens with zero attached hydrogens (tertiary/aromatic N) is 6. The molecule has 0 fully saturated rings. The van der Waals surface area contributed by atoms with E-state index in [1.807, 2.05) is 0 Å². The number of ether oxygens (including phenoxy) is 1. The fourth-order valence-electron chi connectivity index (χ4n) is 4.18. The van der Waals surface area contributed by atoms with Crippen LogP contribution in [0, 0.1) is 11.8 Å². The Morgan fingerprint density at radius 3 is 2.71 bits per heavy atom. The van der Waals surface area contributed by atoms with Crippen LogP contribution in [-0.2, 0) is 9.53 Å². The topological polar surface area (TPSA) is 148 Å². The minimum atomic E-state index is -1.13. The lowest BCUT2D eigenvalue weighted by Crippen LogP contribution is -2.30. The number of fused-ring (bicyclic) bond motifs is 1. The number of carbonyl (C=O) groups is 2. The van der Waals surface area contributed by atoms with Crippen molar-refractivity contribution in [3.8, 4) is 16.8 Å². The Hall–Kier alpha value is -4.78. The van der Waals surface area contributed by atoms with Crippen LogP contribution >= 0.6 is 11.6 Å². The maximum Gasteiger partial charge on any atom is 0.330 e. The highest BCUT2D eigenvalue weighted by atomic mass is 35.5. The third-order valence-corrected chi connectivity index (χ3v) is 6.22. The van der Waals surface area contributed by atoms with Crippen molar-refractivity contribution in [2.24, 2.45) is 0 Å². The number of hydrogen-bond acceptors (Lipinski definition) is 9. The second-order valence-electron chi connectivity index (χ2n) is 8.28. The molecule has 0 saturated heterocycles. The lowest BCUT2D eigenvalue weighted by atomic mass is 10.0. The molecule has 1 aromatic carbocycles. The molecule has 4 aromatic rings.